The molecule has 0 fully saturated rings. The number of hydrogen-bond donors (Lipinski definition) is 1. The van der Waals surface area contributed by atoms with Crippen molar-refractivity contribution < 1.29 is 9.29 Å². The molecular formula is C14H20BrN5O2S. The quantitative estimate of drug-likeness (QED) is 0.538. The van der Waals surface area contributed by atoms with Gasteiger partial charge in [0, 0.05) is 24.3 Å². The van der Waals surface area contributed by atoms with Crippen LogP contribution in [-0.4, -0.2) is 51.5 Å². The molecule has 0 spiro atoms. The number of ether oxygens (including phenoxy) is 1. The molecule has 0 saturated heterocycles. The Morgan fingerprint density at radius 1 is 1.43 bits per heavy atom. The van der Waals surface area contributed by atoms with Gasteiger partial charge in [0.1, 0.15) is 23.2 Å². The molecule has 0 aliphatic rings. The van der Waals surface area contributed by atoms with E-state index < -0.39 is 11.4 Å². The molecular weight excluding hydrogens is 382 g/mol. The van der Waals surface area contributed by atoms with Crippen LogP contribution in [0.5, 0.6) is 5.88 Å². The zero-order valence-corrected chi connectivity index (χ0v) is 15.7. The third kappa shape index (κ3) is 5.69. The summed E-state index contributed by atoms with van der Waals surface area (Å²) in [5.41, 5.74) is 0.575. The van der Waals surface area contributed by atoms with Gasteiger partial charge in [-0.2, -0.15) is 9.82 Å². The van der Waals surface area contributed by atoms with Crippen LogP contribution in [0.3, 0.4) is 0 Å². The van der Waals surface area contributed by atoms with E-state index in [4.69, 9.17) is 4.74 Å². The lowest BCUT2D eigenvalue weighted by molar-refractivity contribution is 0.274. The maximum Gasteiger partial charge on any atom is 0.241 e. The highest BCUT2D eigenvalue weighted by molar-refractivity contribution is 9.10. The second kappa shape index (κ2) is 8.53. The Morgan fingerprint density at radius 2 is 2.22 bits per heavy atom. The van der Waals surface area contributed by atoms with Crippen LogP contribution in [0.2, 0.25) is 0 Å². The first-order valence-corrected chi connectivity index (χ1v) is 9.00. The molecule has 2 aromatic rings. The Bertz CT molecular complexity index is 637. The molecule has 0 aliphatic carbocycles. The second-order valence-electron chi connectivity index (χ2n) is 5.23. The number of aromatic nitrogens is 3. The first kappa shape index (κ1) is 18.1. The number of nitrogens with zero attached hydrogens (tertiary/aromatic N) is 4. The van der Waals surface area contributed by atoms with E-state index in [1.165, 1.54) is 0 Å². The van der Waals surface area contributed by atoms with Crippen molar-refractivity contribution >= 4 is 33.0 Å². The molecule has 7 nitrogen and oxygen atoms in total. The number of nitrogens with one attached hydrogen (secondary N) is 1. The van der Waals surface area contributed by atoms with Crippen molar-refractivity contribution in [3.63, 3.8) is 0 Å². The molecule has 0 aliphatic heterocycles. The third-order valence-corrected chi connectivity index (χ3v) is 4.38. The number of anilines is 1. The molecule has 0 aromatic carbocycles. The standard InChI is InChI=1S/C14H20BrN5O2S/c1-19(2)5-4-6-22-14-13(7-11(15)8-16-14)18-23(21)12-9-17-20(3)10-12/h7-10,18H,4-6H2,1-3H3. The summed E-state index contributed by atoms with van der Waals surface area (Å²) < 4.78 is 23.4. The van der Waals surface area contributed by atoms with Crippen molar-refractivity contribution in [2.24, 2.45) is 7.05 Å². The summed E-state index contributed by atoms with van der Waals surface area (Å²) in [6.07, 6.45) is 5.80. The summed E-state index contributed by atoms with van der Waals surface area (Å²) in [7, 11) is 5.81. The molecule has 0 bridgehead atoms. The fourth-order valence-corrected chi connectivity index (χ4v) is 3.00. The number of pyridine rings is 1. The van der Waals surface area contributed by atoms with Gasteiger partial charge in [0.2, 0.25) is 10.8 Å². The minimum absolute atomic E-state index is 0.434. The van der Waals surface area contributed by atoms with E-state index >= 15 is 0 Å². The van der Waals surface area contributed by atoms with Crippen LogP contribution in [0.1, 0.15) is 6.42 Å². The topological polar surface area (TPSA) is 78.3 Å². The van der Waals surface area contributed by atoms with Gasteiger partial charge in [0.15, 0.2) is 0 Å². The summed E-state index contributed by atoms with van der Waals surface area (Å²) in [6, 6.07) is 1.79. The minimum atomic E-state index is -1.43. The van der Waals surface area contributed by atoms with E-state index in [9.17, 15) is 4.55 Å². The maximum absolute atomic E-state index is 12.4. The number of rotatable bonds is 8. The number of hydrogen-bond acceptors (Lipinski definition) is 6. The Hall–Kier alpha value is -1.29. The molecule has 2 rings (SSSR count). The minimum Gasteiger partial charge on any atom is -0.588 e. The molecule has 2 aromatic heterocycles. The lowest BCUT2D eigenvalue weighted by atomic mass is 10.4. The number of aryl methyl sites for hydroxylation is 1. The lowest BCUT2D eigenvalue weighted by Gasteiger charge is -2.14. The summed E-state index contributed by atoms with van der Waals surface area (Å²) in [4.78, 5) is 6.93. The molecule has 2 heterocycles. The van der Waals surface area contributed by atoms with Gasteiger partial charge >= 0.3 is 0 Å². The third-order valence-electron chi connectivity index (χ3n) is 2.90. The summed E-state index contributed by atoms with van der Waals surface area (Å²) >= 11 is 1.94. The van der Waals surface area contributed by atoms with E-state index in [0.29, 0.717) is 23.1 Å². The van der Waals surface area contributed by atoms with Crippen LogP contribution in [-0.2, 0) is 18.4 Å². The molecule has 9 heteroatoms. The van der Waals surface area contributed by atoms with Crippen molar-refractivity contribution in [2.45, 2.75) is 11.3 Å². The van der Waals surface area contributed by atoms with Crippen molar-refractivity contribution in [3.05, 3.63) is 29.1 Å². The van der Waals surface area contributed by atoms with Gasteiger partial charge in [-0.15, -0.1) is 0 Å². The SMILES string of the molecule is CN(C)CCCOc1ncc(Br)cc1N[S+]([O-])c1cnn(C)c1. The van der Waals surface area contributed by atoms with E-state index in [1.54, 1.807) is 36.4 Å². The fraction of sp³-hybridized carbons (Fsp3) is 0.429. The molecule has 1 N–H and O–H groups in total. The predicted molar refractivity (Wildman–Crippen MR) is 93.8 cm³/mol. The van der Waals surface area contributed by atoms with Crippen molar-refractivity contribution in [2.75, 3.05) is 32.0 Å². The van der Waals surface area contributed by atoms with Gasteiger partial charge in [-0.3, -0.25) is 4.68 Å². The first-order valence-electron chi connectivity index (χ1n) is 7.06. The van der Waals surface area contributed by atoms with Gasteiger partial charge in [-0.05, 0) is 42.5 Å². The summed E-state index contributed by atoms with van der Waals surface area (Å²) in [5, 5.41) is 4.02. The molecule has 0 radical (unpaired) electrons. The van der Waals surface area contributed by atoms with Crippen LogP contribution in [0.15, 0.2) is 34.0 Å². The van der Waals surface area contributed by atoms with Gasteiger partial charge in [0.05, 0.1) is 12.8 Å². The highest BCUT2D eigenvalue weighted by atomic mass is 79.9. The van der Waals surface area contributed by atoms with Gasteiger partial charge in [0.25, 0.3) is 0 Å². The zero-order valence-electron chi connectivity index (χ0n) is 13.3. The molecule has 23 heavy (non-hydrogen) atoms. The normalized spacial score (nSPS) is 12.4. The fourth-order valence-electron chi connectivity index (χ4n) is 1.82. The van der Waals surface area contributed by atoms with Crippen LogP contribution in [0, 0.1) is 0 Å². The Balaban J connectivity index is 2.03. The van der Waals surface area contributed by atoms with Gasteiger partial charge in [-0.25, -0.2) is 4.98 Å². The molecule has 0 amide bonds. The van der Waals surface area contributed by atoms with Crippen molar-refractivity contribution in [1.29, 1.82) is 0 Å². The number of halogens is 1. The molecule has 126 valence electrons. The van der Waals surface area contributed by atoms with Gasteiger partial charge in [-0.1, -0.05) is 0 Å². The zero-order chi connectivity index (χ0) is 16.8. The largest absolute Gasteiger partial charge is 0.588 e. The molecule has 0 saturated carbocycles. The van der Waals surface area contributed by atoms with E-state index in [1.807, 2.05) is 14.1 Å². The average molecular weight is 402 g/mol. The Kier molecular flexibility index (Phi) is 6.70. The molecule has 1 unspecified atom stereocenters. The monoisotopic (exact) mass is 401 g/mol. The van der Waals surface area contributed by atoms with Crippen molar-refractivity contribution in [3.8, 4) is 5.88 Å². The van der Waals surface area contributed by atoms with Gasteiger partial charge < -0.3 is 14.2 Å². The molecule has 1 atom stereocenters. The Labute approximate surface area is 147 Å². The lowest BCUT2D eigenvalue weighted by Crippen LogP contribution is -2.17. The average Bonchev–Trinajstić information content (AvgIpc) is 2.92. The highest BCUT2D eigenvalue weighted by Crippen LogP contribution is 2.27. The Morgan fingerprint density at radius 3 is 2.87 bits per heavy atom. The maximum atomic E-state index is 12.4. The summed E-state index contributed by atoms with van der Waals surface area (Å²) in [6.45, 7) is 1.47. The van der Waals surface area contributed by atoms with Crippen LogP contribution >= 0.6 is 15.9 Å². The highest BCUT2D eigenvalue weighted by Gasteiger charge is 2.17. The second-order valence-corrected chi connectivity index (χ2v) is 7.36. The summed E-state index contributed by atoms with van der Waals surface area (Å²) in [5.74, 6) is 0.434. The van der Waals surface area contributed by atoms with Crippen LogP contribution in [0.25, 0.3) is 0 Å². The smallest absolute Gasteiger partial charge is 0.241 e. The van der Waals surface area contributed by atoms with E-state index in [-0.39, 0.29) is 0 Å². The van der Waals surface area contributed by atoms with Crippen LogP contribution in [0.4, 0.5) is 5.69 Å². The van der Waals surface area contributed by atoms with Crippen molar-refractivity contribution in [1.82, 2.24) is 19.7 Å². The van der Waals surface area contributed by atoms with E-state index in [0.717, 1.165) is 17.4 Å². The first-order chi connectivity index (χ1) is 11.0. The predicted octanol–water partition coefficient (Wildman–Crippen LogP) is 2.04. The van der Waals surface area contributed by atoms with Crippen LogP contribution < -0.4 is 9.46 Å². The van der Waals surface area contributed by atoms with E-state index in [2.05, 4.69) is 35.6 Å².